The number of Topliss-reactive ketones (excluding diaryl/α,β-unsaturated/α-hetero) is 1. The van der Waals surface area contributed by atoms with Crippen molar-refractivity contribution in [2.75, 3.05) is 6.67 Å². The van der Waals surface area contributed by atoms with Crippen molar-refractivity contribution in [3.05, 3.63) is 34.9 Å². The monoisotopic (exact) mass is 416 g/mol. The maximum absolute atomic E-state index is 12.6. The first kappa shape index (κ1) is 23.4. The number of nitrogens with one attached hydrogen (secondary N) is 2. The van der Waals surface area contributed by atoms with Crippen LogP contribution in [0, 0.1) is 5.92 Å². The number of aliphatic carboxylic acids is 1. The molecule has 0 saturated heterocycles. The van der Waals surface area contributed by atoms with Gasteiger partial charge in [0.2, 0.25) is 5.91 Å². The zero-order chi connectivity index (χ0) is 21.3. The number of amides is 2. The Morgan fingerprint density at radius 1 is 1.14 bits per heavy atom. The van der Waals surface area contributed by atoms with Crippen LogP contribution in [0.3, 0.4) is 0 Å². The summed E-state index contributed by atoms with van der Waals surface area (Å²) in [7, 11) is 0. The summed E-state index contributed by atoms with van der Waals surface area (Å²) in [4.78, 5) is 46.7. The molecule has 1 aromatic carbocycles. The standard InChI is InChI=1S/C18H22ClFN2O6/c1-10(2)16(17(26)21-13(7-15(24)25)14(23)8-20)22-18(27)28-9-11-3-5-12(19)6-4-11/h3-6,10,13,16H,7-9H2,1-2H3,(H,21,26)(H,22,27)(H,24,25)/t13-,16-/m0/s1. The Kier molecular flexibility index (Phi) is 9.37. The summed E-state index contributed by atoms with van der Waals surface area (Å²) in [5.41, 5.74) is 0.681. The first-order chi connectivity index (χ1) is 13.1. The Hall–Kier alpha value is -2.68. The fourth-order valence-electron chi connectivity index (χ4n) is 2.21. The minimum Gasteiger partial charge on any atom is -0.481 e. The fraction of sp³-hybridized carbons (Fsp3) is 0.444. The van der Waals surface area contributed by atoms with Crippen LogP contribution in [0.15, 0.2) is 24.3 Å². The Morgan fingerprint density at radius 3 is 2.25 bits per heavy atom. The molecule has 0 unspecified atom stereocenters. The molecule has 1 aromatic rings. The predicted octanol–water partition coefficient (Wildman–Crippen LogP) is 2.09. The SMILES string of the molecule is CC(C)[C@H](NC(=O)OCc1ccc(Cl)cc1)C(=O)N[C@@H](CC(=O)O)C(=O)CF. The number of benzene rings is 1. The number of rotatable bonds is 10. The number of carboxylic acids is 1. The maximum atomic E-state index is 12.6. The van der Waals surface area contributed by atoms with Gasteiger partial charge in [0.25, 0.3) is 0 Å². The third-order valence-electron chi connectivity index (χ3n) is 3.72. The molecule has 2 amide bonds. The minimum atomic E-state index is -1.52. The number of carboxylic acid groups (broad SMARTS) is 1. The van der Waals surface area contributed by atoms with Crippen LogP contribution < -0.4 is 10.6 Å². The Bertz CT molecular complexity index is 711. The minimum absolute atomic E-state index is 0.0581. The molecule has 0 spiro atoms. The van der Waals surface area contributed by atoms with Crippen LogP contribution in [0.25, 0.3) is 0 Å². The third-order valence-corrected chi connectivity index (χ3v) is 3.97. The van der Waals surface area contributed by atoms with Gasteiger partial charge in [-0.15, -0.1) is 0 Å². The van der Waals surface area contributed by atoms with Gasteiger partial charge in [0.05, 0.1) is 6.42 Å². The van der Waals surface area contributed by atoms with E-state index in [4.69, 9.17) is 21.4 Å². The highest BCUT2D eigenvalue weighted by atomic mass is 35.5. The molecule has 1 rings (SSSR count). The van der Waals surface area contributed by atoms with E-state index in [0.29, 0.717) is 10.6 Å². The van der Waals surface area contributed by atoms with E-state index >= 15 is 0 Å². The topological polar surface area (TPSA) is 122 Å². The Balaban J connectivity index is 2.70. The van der Waals surface area contributed by atoms with Gasteiger partial charge in [0.1, 0.15) is 25.4 Å². The normalized spacial score (nSPS) is 12.8. The number of alkyl halides is 1. The smallest absolute Gasteiger partial charge is 0.408 e. The molecule has 0 aromatic heterocycles. The molecule has 0 bridgehead atoms. The second-order valence-corrected chi connectivity index (χ2v) is 6.76. The summed E-state index contributed by atoms with van der Waals surface area (Å²) in [6, 6.07) is 3.97. The van der Waals surface area contributed by atoms with Crippen molar-refractivity contribution in [3.63, 3.8) is 0 Å². The van der Waals surface area contributed by atoms with Crippen molar-refractivity contribution < 1.29 is 33.4 Å². The van der Waals surface area contributed by atoms with Crippen molar-refractivity contribution >= 4 is 35.4 Å². The highest BCUT2D eigenvalue weighted by molar-refractivity contribution is 6.30. The number of alkyl carbamates (subject to hydrolysis) is 1. The molecule has 0 fully saturated rings. The molecule has 0 saturated carbocycles. The molecule has 3 N–H and O–H groups in total. The van der Waals surface area contributed by atoms with Crippen LogP contribution >= 0.6 is 11.6 Å². The zero-order valence-corrected chi connectivity index (χ0v) is 16.2. The highest BCUT2D eigenvalue weighted by Gasteiger charge is 2.30. The highest BCUT2D eigenvalue weighted by Crippen LogP contribution is 2.11. The van der Waals surface area contributed by atoms with Gasteiger partial charge in [0, 0.05) is 5.02 Å². The summed E-state index contributed by atoms with van der Waals surface area (Å²) in [5.74, 6) is -3.66. The first-order valence-corrected chi connectivity index (χ1v) is 8.80. The van der Waals surface area contributed by atoms with Crippen LogP contribution in [0.5, 0.6) is 0 Å². The van der Waals surface area contributed by atoms with E-state index in [1.165, 1.54) is 0 Å². The van der Waals surface area contributed by atoms with Crippen LogP contribution in [-0.4, -0.2) is 47.6 Å². The van der Waals surface area contributed by atoms with Crippen LogP contribution in [0.2, 0.25) is 5.02 Å². The molecule has 0 aliphatic heterocycles. The van der Waals surface area contributed by atoms with E-state index in [9.17, 15) is 23.6 Å². The van der Waals surface area contributed by atoms with E-state index in [1.807, 2.05) is 0 Å². The number of carbonyl (C=O) groups is 4. The second-order valence-electron chi connectivity index (χ2n) is 6.33. The maximum Gasteiger partial charge on any atom is 0.408 e. The average molecular weight is 417 g/mol. The molecule has 0 heterocycles. The summed E-state index contributed by atoms with van der Waals surface area (Å²) in [6.07, 6.45) is -1.64. The molecule has 10 heteroatoms. The number of halogens is 2. The third kappa shape index (κ3) is 7.91. The number of hydrogen-bond acceptors (Lipinski definition) is 5. The van der Waals surface area contributed by atoms with Gasteiger partial charge in [-0.25, -0.2) is 9.18 Å². The lowest BCUT2D eigenvalue weighted by Crippen LogP contribution is -2.54. The van der Waals surface area contributed by atoms with Gasteiger partial charge in [-0.3, -0.25) is 14.4 Å². The number of ketones is 1. The fourth-order valence-corrected chi connectivity index (χ4v) is 2.33. The van der Waals surface area contributed by atoms with E-state index in [-0.39, 0.29) is 6.61 Å². The first-order valence-electron chi connectivity index (χ1n) is 8.42. The number of hydrogen-bond donors (Lipinski definition) is 3. The lowest BCUT2D eigenvalue weighted by atomic mass is 10.0. The molecular weight excluding hydrogens is 395 g/mol. The summed E-state index contributed by atoms with van der Waals surface area (Å²) in [5, 5.41) is 13.9. The summed E-state index contributed by atoms with van der Waals surface area (Å²) >= 11 is 5.77. The Labute approximate surface area is 166 Å². The molecule has 8 nitrogen and oxygen atoms in total. The van der Waals surface area contributed by atoms with Crippen molar-refractivity contribution in [1.29, 1.82) is 0 Å². The van der Waals surface area contributed by atoms with Gasteiger partial charge in [0.15, 0.2) is 5.78 Å². The van der Waals surface area contributed by atoms with Crippen molar-refractivity contribution in [2.24, 2.45) is 5.92 Å². The molecule has 0 aliphatic carbocycles. The van der Waals surface area contributed by atoms with E-state index in [1.54, 1.807) is 38.1 Å². The van der Waals surface area contributed by atoms with Crippen LogP contribution in [0.1, 0.15) is 25.8 Å². The molecule has 0 aliphatic rings. The van der Waals surface area contributed by atoms with E-state index in [0.717, 1.165) is 0 Å². The quantitative estimate of drug-likeness (QED) is 0.537. The molecule has 0 radical (unpaired) electrons. The molecular formula is C18H22ClFN2O6. The predicted molar refractivity (Wildman–Crippen MR) is 98.6 cm³/mol. The number of carbonyl (C=O) groups excluding carboxylic acids is 3. The van der Waals surface area contributed by atoms with Crippen LogP contribution in [0.4, 0.5) is 9.18 Å². The van der Waals surface area contributed by atoms with E-state index < -0.39 is 54.8 Å². The van der Waals surface area contributed by atoms with E-state index in [2.05, 4.69) is 10.6 Å². The second kappa shape index (κ2) is 11.2. The zero-order valence-electron chi connectivity index (χ0n) is 15.4. The largest absolute Gasteiger partial charge is 0.481 e. The van der Waals surface area contributed by atoms with Crippen molar-refractivity contribution in [3.8, 4) is 0 Å². The lowest BCUT2D eigenvalue weighted by Gasteiger charge is -2.24. The summed E-state index contributed by atoms with van der Waals surface area (Å²) in [6.45, 7) is 1.79. The average Bonchev–Trinajstić information content (AvgIpc) is 2.63. The summed E-state index contributed by atoms with van der Waals surface area (Å²) < 4.78 is 17.6. The van der Waals surface area contributed by atoms with Gasteiger partial charge in [-0.2, -0.15) is 0 Å². The number of ether oxygens (including phenoxy) is 1. The molecule has 154 valence electrons. The van der Waals surface area contributed by atoms with Crippen molar-refractivity contribution in [1.82, 2.24) is 10.6 Å². The molecule has 28 heavy (non-hydrogen) atoms. The van der Waals surface area contributed by atoms with Gasteiger partial charge >= 0.3 is 12.1 Å². The van der Waals surface area contributed by atoms with Crippen molar-refractivity contribution in [2.45, 2.75) is 39.0 Å². The van der Waals surface area contributed by atoms with Gasteiger partial charge in [-0.05, 0) is 23.6 Å². The molecule has 2 atom stereocenters. The van der Waals surface area contributed by atoms with Gasteiger partial charge in [-0.1, -0.05) is 37.6 Å². The Morgan fingerprint density at radius 2 is 1.75 bits per heavy atom. The van der Waals surface area contributed by atoms with Gasteiger partial charge < -0.3 is 20.5 Å². The van der Waals surface area contributed by atoms with Crippen LogP contribution in [-0.2, 0) is 25.7 Å². The lowest BCUT2D eigenvalue weighted by molar-refractivity contribution is -0.140.